The Balaban J connectivity index is 2.03. The topological polar surface area (TPSA) is 96.0 Å². The fourth-order valence-corrected chi connectivity index (χ4v) is 5.76. The largest absolute Gasteiger partial charge is 0.497 e. The van der Waals surface area contributed by atoms with Crippen molar-refractivity contribution in [2.24, 2.45) is 0 Å². The Labute approximate surface area is 249 Å². The summed E-state index contributed by atoms with van der Waals surface area (Å²) < 4.78 is 33.8. The maximum absolute atomic E-state index is 13.9. The molecule has 0 bridgehead atoms. The van der Waals surface area contributed by atoms with Crippen molar-refractivity contribution in [3.8, 4) is 5.75 Å². The number of nitrogens with one attached hydrogen (secondary N) is 1. The molecule has 0 spiro atoms. The maximum atomic E-state index is 13.9. The number of sulfonamides is 1. The minimum atomic E-state index is -4.24. The number of anilines is 1. The molecule has 0 aliphatic carbocycles. The molecule has 0 aliphatic heterocycles. The first-order valence-electron chi connectivity index (χ1n) is 12.4. The molecule has 3 aromatic rings. The highest BCUT2D eigenvalue weighted by molar-refractivity contribution is 7.92. The minimum Gasteiger partial charge on any atom is -0.497 e. The zero-order valence-corrected chi connectivity index (χ0v) is 25.3. The standard InChI is InChI=1S/C28H30Cl3N3O5S/c1-4-14-32-28(36)19(2)33(17-20-8-13-25(30)26(31)15-20)27(35)18-34(22-7-5-6-21(29)16-22)40(37,38)24-11-9-23(39-3)10-12-24/h5-13,15-16,19H,4,14,17-18H2,1-3H3,(H,32,36)/t19-/m1/s1. The molecule has 0 aromatic heterocycles. The number of halogens is 3. The number of rotatable bonds is 12. The normalized spacial score (nSPS) is 11.9. The molecule has 214 valence electrons. The zero-order chi connectivity index (χ0) is 29.4. The second kappa shape index (κ2) is 14.1. The van der Waals surface area contributed by atoms with E-state index >= 15 is 0 Å². The summed E-state index contributed by atoms with van der Waals surface area (Å²) in [6, 6.07) is 16.0. The number of hydrogen-bond donors (Lipinski definition) is 1. The summed E-state index contributed by atoms with van der Waals surface area (Å²) in [5, 5.41) is 3.71. The summed E-state index contributed by atoms with van der Waals surface area (Å²) in [4.78, 5) is 28.1. The van der Waals surface area contributed by atoms with Crippen molar-refractivity contribution in [3.63, 3.8) is 0 Å². The van der Waals surface area contributed by atoms with Crippen LogP contribution in [0, 0.1) is 0 Å². The van der Waals surface area contributed by atoms with E-state index in [-0.39, 0.29) is 28.1 Å². The second-order valence-corrected chi connectivity index (χ2v) is 12.0. The predicted molar refractivity (Wildman–Crippen MR) is 159 cm³/mol. The van der Waals surface area contributed by atoms with Gasteiger partial charge in [0.25, 0.3) is 10.0 Å². The van der Waals surface area contributed by atoms with Gasteiger partial charge in [0.1, 0.15) is 18.3 Å². The molecule has 3 rings (SSSR count). The van der Waals surface area contributed by atoms with E-state index in [9.17, 15) is 18.0 Å². The van der Waals surface area contributed by atoms with E-state index in [0.29, 0.717) is 34.3 Å². The molecule has 3 aromatic carbocycles. The highest BCUT2D eigenvalue weighted by atomic mass is 35.5. The first-order chi connectivity index (χ1) is 19.0. The van der Waals surface area contributed by atoms with Gasteiger partial charge in [0, 0.05) is 18.1 Å². The number of nitrogens with zero attached hydrogens (tertiary/aromatic N) is 2. The van der Waals surface area contributed by atoms with Gasteiger partial charge in [-0.25, -0.2) is 8.42 Å². The van der Waals surface area contributed by atoms with Gasteiger partial charge in [0.05, 0.1) is 27.7 Å². The average Bonchev–Trinajstić information content (AvgIpc) is 2.94. The Bertz CT molecular complexity index is 1450. The first kappa shape index (κ1) is 31.5. The third kappa shape index (κ3) is 7.81. The van der Waals surface area contributed by atoms with Crippen LogP contribution in [-0.4, -0.2) is 51.4 Å². The van der Waals surface area contributed by atoms with Gasteiger partial charge in [-0.05, 0) is 73.5 Å². The van der Waals surface area contributed by atoms with Crippen LogP contribution >= 0.6 is 34.8 Å². The number of hydrogen-bond acceptors (Lipinski definition) is 5. The fourth-order valence-electron chi connectivity index (χ4n) is 3.85. The third-order valence-electron chi connectivity index (χ3n) is 6.08. The molecule has 0 heterocycles. The van der Waals surface area contributed by atoms with Crippen LogP contribution in [0.25, 0.3) is 0 Å². The van der Waals surface area contributed by atoms with Crippen LogP contribution in [-0.2, 0) is 26.2 Å². The third-order valence-corrected chi connectivity index (χ3v) is 8.84. The lowest BCUT2D eigenvalue weighted by atomic mass is 10.1. The number of carbonyl (C=O) groups is 2. The quantitative estimate of drug-likeness (QED) is 0.274. The van der Waals surface area contributed by atoms with Gasteiger partial charge in [0.15, 0.2) is 0 Å². The Morgan fingerprint density at radius 1 is 0.975 bits per heavy atom. The fraction of sp³-hybridized carbons (Fsp3) is 0.286. The van der Waals surface area contributed by atoms with Gasteiger partial charge >= 0.3 is 0 Å². The van der Waals surface area contributed by atoms with Crippen molar-refractivity contribution in [2.75, 3.05) is 24.5 Å². The van der Waals surface area contributed by atoms with Gasteiger partial charge in [-0.3, -0.25) is 13.9 Å². The highest BCUT2D eigenvalue weighted by Gasteiger charge is 2.32. The van der Waals surface area contributed by atoms with E-state index < -0.39 is 28.5 Å². The number of amides is 2. The lowest BCUT2D eigenvalue weighted by molar-refractivity contribution is -0.139. The molecule has 0 unspecified atom stereocenters. The Hall–Kier alpha value is -2.98. The molecule has 0 saturated heterocycles. The molecule has 0 aliphatic rings. The van der Waals surface area contributed by atoms with Crippen LogP contribution in [0.1, 0.15) is 25.8 Å². The van der Waals surface area contributed by atoms with Crippen molar-refractivity contribution in [1.82, 2.24) is 10.2 Å². The van der Waals surface area contributed by atoms with E-state index in [2.05, 4.69) is 5.32 Å². The first-order valence-corrected chi connectivity index (χ1v) is 15.0. The van der Waals surface area contributed by atoms with E-state index in [1.54, 1.807) is 43.3 Å². The summed E-state index contributed by atoms with van der Waals surface area (Å²) in [6.45, 7) is 3.32. The molecule has 0 saturated carbocycles. The van der Waals surface area contributed by atoms with Crippen LogP contribution in [0.4, 0.5) is 5.69 Å². The van der Waals surface area contributed by atoms with Crippen molar-refractivity contribution >= 4 is 62.3 Å². The molecule has 2 amide bonds. The van der Waals surface area contributed by atoms with Crippen molar-refractivity contribution < 1.29 is 22.7 Å². The van der Waals surface area contributed by atoms with Crippen LogP contribution in [0.15, 0.2) is 71.6 Å². The van der Waals surface area contributed by atoms with Gasteiger partial charge in [-0.1, -0.05) is 53.9 Å². The summed E-state index contributed by atoms with van der Waals surface area (Å²) in [7, 11) is -2.76. The maximum Gasteiger partial charge on any atom is 0.264 e. The molecule has 0 fully saturated rings. The van der Waals surface area contributed by atoms with Gasteiger partial charge < -0.3 is 15.0 Å². The van der Waals surface area contributed by atoms with E-state index in [1.165, 1.54) is 42.3 Å². The SMILES string of the molecule is CCCNC(=O)[C@@H](C)N(Cc1ccc(Cl)c(Cl)c1)C(=O)CN(c1cccc(Cl)c1)S(=O)(=O)c1ccc(OC)cc1. The Morgan fingerprint density at radius 3 is 2.27 bits per heavy atom. The van der Waals surface area contributed by atoms with Crippen LogP contribution in [0.2, 0.25) is 15.1 Å². The molecule has 1 N–H and O–H groups in total. The predicted octanol–water partition coefficient (Wildman–Crippen LogP) is 5.79. The Morgan fingerprint density at radius 2 is 1.68 bits per heavy atom. The zero-order valence-electron chi connectivity index (χ0n) is 22.2. The van der Waals surface area contributed by atoms with Crippen LogP contribution in [0.5, 0.6) is 5.75 Å². The average molecular weight is 627 g/mol. The van der Waals surface area contributed by atoms with Crippen molar-refractivity contribution in [3.05, 3.63) is 87.4 Å². The summed E-state index contributed by atoms with van der Waals surface area (Å²) in [5.74, 6) is -0.506. The molecule has 40 heavy (non-hydrogen) atoms. The lowest BCUT2D eigenvalue weighted by Gasteiger charge is -2.32. The minimum absolute atomic E-state index is 0.0115. The molecule has 0 radical (unpaired) electrons. The summed E-state index contributed by atoms with van der Waals surface area (Å²) >= 11 is 18.4. The van der Waals surface area contributed by atoms with Crippen LogP contribution in [0.3, 0.4) is 0 Å². The van der Waals surface area contributed by atoms with Gasteiger partial charge in [-0.2, -0.15) is 0 Å². The molecule has 8 nitrogen and oxygen atoms in total. The van der Waals surface area contributed by atoms with Gasteiger partial charge in [-0.15, -0.1) is 0 Å². The molecular formula is C28H30Cl3N3O5S. The van der Waals surface area contributed by atoms with Crippen molar-refractivity contribution in [2.45, 2.75) is 37.8 Å². The number of ether oxygens (including phenoxy) is 1. The van der Waals surface area contributed by atoms with E-state index in [4.69, 9.17) is 39.5 Å². The van der Waals surface area contributed by atoms with E-state index in [0.717, 1.165) is 4.31 Å². The number of methoxy groups -OCH3 is 1. The number of carbonyl (C=O) groups excluding carboxylic acids is 2. The van der Waals surface area contributed by atoms with Crippen LogP contribution < -0.4 is 14.4 Å². The summed E-state index contributed by atoms with van der Waals surface area (Å²) in [6.07, 6.45) is 0.710. The van der Waals surface area contributed by atoms with Crippen molar-refractivity contribution in [1.29, 1.82) is 0 Å². The second-order valence-electron chi connectivity index (χ2n) is 8.90. The van der Waals surface area contributed by atoms with Gasteiger partial charge in [0.2, 0.25) is 11.8 Å². The molecular weight excluding hydrogens is 597 g/mol. The molecule has 1 atom stereocenters. The monoisotopic (exact) mass is 625 g/mol. The van der Waals surface area contributed by atoms with E-state index in [1.807, 2.05) is 6.92 Å². The number of benzene rings is 3. The smallest absolute Gasteiger partial charge is 0.264 e. The lowest BCUT2D eigenvalue weighted by Crippen LogP contribution is -2.51. The Kier molecular flexibility index (Phi) is 11.1. The molecule has 12 heteroatoms. The highest BCUT2D eigenvalue weighted by Crippen LogP contribution is 2.28. The summed E-state index contributed by atoms with van der Waals surface area (Å²) in [5.41, 5.74) is 0.805.